The molecule has 1 aliphatic rings. The molecule has 204 valence electrons. The molecule has 12 heteroatoms. The van der Waals surface area contributed by atoms with Gasteiger partial charge >= 0.3 is 0 Å². The average Bonchev–Trinajstić information content (AvgIpc) is 3.33. The lowest BCUT2D eigenvalue weighted by Crippen LogP contribution is -2.47. The zero-order valence-corrected chi connectivity index (χ0v) is 22.6. The second kappa shape index (κ2) is 10.9. The van der Waals surface area contributed by atoms with Gasteiger partial charge in [-0.1, -0.05) is 23.7 Å². The maximum atomic E-state index is 13.7. The third-order valence-electron chi connectivity index (χ3n) is 6.60. The van der Waals surface area contributed by atoms with E-state index in [1.54, 1.807) is 24.4 Å². The SMILES string of the molecule is Cc1ccc(OC[C@@H]2CN(S(=O)(=O)c3c(C(N)=O)[nH]c4ccc(Cl)cc34)CCO2)cc1-c1ccc(CO)nc1. The summed E-state index contributed by atoms with van der Waals surface area (Å²) in [6, 6.07) is 14.0. The molecule has 2 aromatic carbocycles. The van der Waals surface area contributed by atoms with Crippen LogP contribution < -0.4 is 10.5 Å². The number of morpholine rings is 1. The number of hydrogen-bond acceptors (Lipinski definition) is 7. The minimum atomic E-state index is -4.13. The predicted octanol–water partition coefficient (Wildman–Crippen LogP) is 3.25. The average molecular weight is 571 g/mol. The number of ether oxygens (including phenoxy) is 2. The minimum absolute atomic E-state index is 0.0268. The highest BCUT2D eigenvalue weighted by Crippen LogP contribution is 2.32. The van der Waals surface area contributed by atoms with Gasteiger partial charge in [0.05, 0.1) is 18.9 Å². The Morgan fingerprint density at radius 1 is 1.26 bits per heavy atom. The Labute approximate surface area is 230 Å². The number of amides is 1. The predicted molar refractivity (Wildman–Crippen MR) is 146 cm³/mol. The number of carbonyl (C=O) groups is 1. The molecule has 10 nitrogen and oxygen atoms in total. The van der Waals surface area contributed by atoms with Gasteiger partial charge in [-0.15, -0.1) is 0 Å². The highest BCUT2D eigenvalue weighted by Gasteiger charge is 2.36. The number of aryl methyl sites for hydroxylation is 1. The number of nitrogens with zero attached hydrogens (tertiary/aromatic N) is 2. The molecule has 1 amide bonds. The molecule has 1 aliphatic heterocycles. The Balaban J connectivity index is 1.34. The second-order valence-electron chi connectivity index (χ2n) is 9.22. The molecule has 4 N–H and O–H groups in total. The van der Waals surface area contributed by atoms with Gasteiger partial charge in [-0.25, -0.2) is 8.42 Å². The fourth-order valence-electron chi connectivity index (χ4n) is 4.59. The van der Waals surface area contributed by atoms with E-state index in [4.69, 9.17) is 26.8 Å². The van der Waals surface area contributed by atoms with Crippen molar-refractivity contribution in [3.05, 3.63) is 76.7 Å². The summed E-state index contributed by atoms with van der Waals surface area (Å²) < 4.78 is 40.6. The standard InChI is InChI=1S/C27H27ClN4O6S/c1-16-2-6-20(11-22(16)17-3-5-19(14-33)30-12-17)38-15-21-13-32(8-9-37-21)39(35,36)26-23-10-18(28)4-7-24(23)31-25(26)27(29)34/h2-7,10-12,21,31,33H,8-9,13-15H2,1H3,(H2,29,34)/t21-/m0/s1. The lowest BCUT2D eigenvalue weighted by atomic mass is 10.0. The highest BCUT2D eigenvalue weighted by atomic mass is 35.5. The number of aliphatic hydroxyl groups excluding tert-OH is 1. The molecule has 1 fully saturated rings. The first-order chi connectivity index (χ1) is 18.7. The number of aromatic amines is 1. The van der Waals surface area contributed by atoms with Crippen molar-refractivity contribution in [3.8, 4) is 16.9 Å². The number of aromatic nitrogens is 2. The number of benzene rings is 2. The van der Waals surface area contributed by atoms with Crippen LogP contribution in [0.3, 0.4) is 0 Å². The number of primary amides is 1. The molecule has 0 aliphatic carbocycles. The second-order valence-corrected chi connectivity index (χ2v) is 11.5. The Bertz CT molecular complexity index is 1640. The number of nitrogens with two attached hydrogens (primary N) is 1. The first kappa shape index (κ1) is 27.1. The summed E-state index contributed by atoms with van der Waals surface area (Å²) >= 11 is 6.12. The lowest BCUT2D eigenvalue weighted by molar-refractivity contribution is -0.0249. The van der Waals surface area contributed by atoms with E-state index >= 15 is 0 Å². The maximum Gasteiger partial charge on any atom is 0.266 e. The number of carbonyl (C=O) groups excluding carboxylic acids is 1. The van der Waals surface area contributed by atoms with Crippen molar-refractivity contribution in [3.63, 3.8) is 0 Å². The van der Waals surface area contributed by atoms with Gasteiger partial charge in [0.1, 0.15) is 29.0 Å². The molecule has 1 saturated heterocycles. The summed E-state index contributed by atoms with van der Waals surface area (Å²) in [5.74, 6) is -0.293. The van der Waals surface area contributed by atoms with E-state index in [0.29, 0.717) is 27.4 Å². The van der Waals surface area contributed by atoms with Crippen LogP contribution in [0.15, 0.2) is 59.6 Å². The summed E-state index contributed by atoms with van der Waals surface area (Å²) in [5.41, 5.74) is 9.17. The summed E-state index contributed by atoms with van der Waals surface area (Å²) in [6.45, 7) is 2.25. The third-order valence-corrected chi connectivity index (χ3v) is 8.79. The van der Waals surface area contributed by atoms with Gasteiger partial charge in [-0.2, -0.15) is 4.31 Å². The Morgan fingerprint density at radius 3 is 2.79 bits per heavy atom. The number of pyridine rings is 1. The largest absolute Gasteiger partial charge is 0.491 e. The van der Waals surface area contributed by atoms with Crippen LogP contribution in [0.1, 0.15) is 21.7 Å². The lowest BCUT2D eigenvalue weighted by Gasteiger charge is -2.32. The molecule has 0 unspecified atom stereocenters. The number of rotatable bonds is 8. The molecule has 39 heavy (non-hydrogen) atoms. The molecule has 0 radical (unpaired) electrons. The van der Waals surface area contributed by atoms with Crippen LogP contribution in [0.4, 0.5) is 0 Å². The zero-order chi connectivity index (χ0) is 27.7. The number of fused-ring (bicyclic) bond motifs is 1. The summed E-state index contributed by atoms with van der Waals surface area (Å²) in [4.78, 5) is 19.0. The van der Waals surface area contributed by atoms with Crippen molar-refractivity contribution in [2.24, 2.45) is 5.73 Å². The topological polar surface area (TPSA) is 148 Å². The van der Waals surface area contributed by atoms with E-state index in [0.717, 1.165) is 16.7 Å². The van der Waals surface area contributed by atoms with Gasteiger partial charge in [0, 0.05) is 40.8 Å². The summed E-state index contributed by atoms with van der Waals surface area (Å²) in [6.07, 6.45) is 1.15. The summed E-state index contributed by atoms with van der Waals surface area (Å²) in [7, 11) is -4.13. The quantitative estimate of drug-likeness (QED) is 0.294. The number of hydrogen-bond donors (Lipinski definition) is 3. The van der Waals surface area contributed by atoms with Crippen LogP contribution in [0.5, 0.6) is 5.75 Å². The number of nitrogens with one attached hydrogen (secondary N) is 1. The fraction of sp³-hybridized carbons (Fsp3) is 0.259. The zero-order valence-electron chi connectivity index (χ0n) is 21.1. The van der Waals surface area contributed by atoms with Gasteiger partial charge in [0.25, 0.3) is 5.91 Å². The van der Waals surface area contributed by atoms with Crippen molar-refractivity contribution in [1.82, 2.24) is 14.3 Å². The molecular formula is C27H27ClN4O6S. The third kappa shape index (κ3) is 5.49. The number of sulfonamides is 1. The first-order valence-corrected chi connectivity index (χ1v) is 14.0. The van der Waals surface area contributed by atoms with E-state index in [-0.39, 0.29) is 43.5 Å². The minimum Gasteiger partial charge on any atom is -0.491 e. The molecule has 0 spiro atoms. The molecule has 0 bridgehead atoms. The smallest absolute Gasteiger partial charge is 0.266 e. The van der Waals surface area contributed by atoms with Crippen molar-refractivity contribution < 1.29 is 27.8 Å². The number of H-pyrrole nitrogens is 1. The van der Waals surface area contributed by atoms with Gasteiger partial charge in [-0.05, 0) is 54.4 Å². The molecule has 0 saturated carbocycles. The van der Waals surface area contributed by atoms with Gasteiger partial charge in [-0.3, -0.25) is 9.78 Å². The molecule has 3 heterocycles. The van der Waals surface area contributed by atoms with Crippen molar-refractivity contribution in [2.45, 2.75) is 24.5 Å². The van der Waals surface area contributed by atoms with E-state index in [1.807, 2.05) is 31.2 Å². The first-order valence-electron chi connectivity index (χ1n) is 12.2. The molecule has 5 rings (SSSR count). The molecule has 4 aromatic rings. The van der Waals surface area contributed by atoms with E-state index < -0.39 is 22.0 Å². The van der Waals surface area contributed by atoms with Crippen LogP contribution in [0.2, 0.25) is 5.02 Å². The van der Waals surface area contributed by atoms with Crippen LogP contribution in [-0.2, 0) is 21.4 Å². The summed E-state index contributed by atoms with van der Waals surface area (Å²) in [5, 5.41) is 9.88. The number of aliphatic hydroxyl groups is 1. The molecule has 1 atom stereocenters. The van der Waals surface area contributed by atoms with Crippen molar-refractivity contribution in [1.29, 1.82) is 0 Å². The van der Waals surface area contributed by atoms with Crippen LogP contribution in [-0.4, -0.2) is 66.1 Å². The van der Waals surface area contributed by atoms with Crippen LogP contribution >= 0.6 is 11.6 Å². The molecular weight excluding hydrogens is 544 g/mol. The highest BCUT2D eigenvalue weighted by molar-refractivity contribution is 7.89. The number of halogens is 1. The van der Waals surface area contributed by atoms with E-state index in [2.05, 4.69) is 9.97 Å². The Kier molecular flexibility index (Phi) is 7.61. The fourth-order valence-corrected chi connectivity index (χ4v) is 6.55. The van der Waals surface area contributed by atoms with Crippen LogP contribution in [0.25, 0.3) is 22.0 Å². The van der Waals surface area contributed by atoms with E-state index in [9.17, 15) is 18.3 Å². The van der Waals surface area contributed by atoms with Gasteiger partial charge < -0.3 is 25.3 Å². The van der Waals surface area contributed by atoms with Crippen molar-refractivity contribution >= 4 is 38.4 Å². The van der Waals surface area contributed by atoms with Gasteiger partial charge in [0.2, 0.25) is 10.0 Å². The molecule has 2 aromatic heterocycles. The maximum absolute atomic E-state index is 13.7. The Hall–Kier alpha value is -3.48. The monoisotopic (exact) mass is 570 g/mol. The van der Waals surface area contributed by atoms with Gasteiger partial charge in [0.15, 0.2) is 0 Å². The van der Waals surface area contributed by atoms with Crippen LogP contribution in [0, 0.1) is 6.92 Å². The van der Waals surface area contributed by atoms with E-state index in [1.165, 1.54) is 10.4 Å². The Morgan fingerprint density at radius 2 is 2.08 bits per heavy atom. The normalized spacial score (nSPS) is 16.4. The van der Waals surface area contributed by atoms with Crippen molar-refractivity contribution in [2.75, 3.05) is 26.3 Å².